The zero-order valence-electron chi connectivity index (χ0n) is 11.5. The molecular formula is C17H17NO2. The topological polar surface area (TPSA) is 46.2 Å². The first-order valence-electron chi connectivity index (χ1n) is 6.97. The van der Waals surface area contributed by atoms with Crippen molar-refractivity contribution in [2.75, 3.05) is 5.32 Å². The SMILES string of the molecule is CC(=O)Nc1ccc2cc3c(cc2c1)C(C=O)CCC3. The lowest BCUT2D eigenvalue weighted by Crippen LogP contribution is -2.11. The Morgan fingerprint density at radius 3 is 2.85 bits per heavy atom. The molecule has 3 rings (SSSR count). The molecule has 1 amide bonds. The Labute approximate surface area is 118 Å². The van der Waals surface area contributed by atoms with Crippen molar-refractivity contribution in [3.63, 3.8) is 0 Å². The lowest BCUT2D eigenvalue weighted by atomic mass is 9.82. The molecule has 2 aromatic carbocycles. The van der Waals surface area contributed by atoms with E-state index in [1.54, 1.807) is 0 Å². The monoisotopic (exact) mass is 267 g/mol. The Balaban J connectivity index is 2.11. The van der Waals surface area contributed by atoms with Crippen molar-refractivity contribution in [3.8, 4) is 0 Å². The minimum atomic E-state index is -0.0759. The Hall–Kier alpha value is -2.16. The minimum Gasteiger partial charge on any atom is -0.326 e. The number of carbonyl (C=O) groups is 2. The van der Waals surface area contributed by atoms with E-state index in [0.717, 1.165) is 47.6 Å². The summed E-state index contributed by atoms with van der Waals surface area (Å²) in [5, 5.41) is 5.02. The number of carbonyl (C=O) groups excluding carboxylic acids is 2. The highest BCUT2D eigenvalue weighted by atomic mass is 16.1. The summed E-state index contributed by atoms with van der Waals surface area (Å²) in [5.41, 5.74) is 3.23. The second-order valence-electron chi connectivity index (χ2n) is 5.43. The lowest BCUT2D eigenvalue weighted by Gasteiger charge is -2.22. The highest BCUT2D eigenvalue weighted by Gasteiger charge is 2.20. The molecular weight excluding hydrogens is 250 g/mol. The highest BCUT2D eigenvalue weighted by molar-refractivity contribution is 5.94. The molecule has 102 valence electrons. The van der Waals surface area contributed by atoms with Gasteiger partial charge in [-0.05, 0) is 53.3 Å². The van der Waals surface area contributed by atoms with Gasteiger partial charge in [-0.25, -0.2) is 0 Å². The number of hydrogen-bond acceptors (Lipinski definition) is 2. The van der Waals surface area contributed by atoms with Crippen LogP contribution in [0.4, 0.5) is 5.69 Å². The van der Waals surface area contributed by atoms with Gasteiger partial charge in [0.1, 0.15) is 6.29 Å². The molecule has 0 bridgehead atoms. The third kappa shape index (κ3) is 2.31. The molecule has 0 heterocycles. The molecule has 0 saturated heterocycles. The van der Waals surface area contributed by atoms with E-state index in [9.17, 15) is 9.59 Å². The van der Waals surface area contributed by atoms with E-state index >= 15 is 0 Å². The molecule has 1 N–H and O–H groups in total. The predicted molar refractivity (Wildman–Crippen MR) is 80.0 cm³/mol. The van der Waals surface area contributed by atoms with Crippen LogP contribution in [-0.4, -0.2) is 12.2 Å². The van der Waals surface area contributed by atoms with E-state index in [1.165, 1.54) is 12.5 Å². The van der Waals surface area contributed by atoms with Gasteiger partial charge < -0.3 is 10.1 Å². The first kappa shape index (κ1) is 12.9. The van der Waals surface area contributed by atoms with Gasteiger partial charge in [0.15, 0.2) is 0 Å². The fourth-order valence-corrected chi connectivity index (χ4v) is 3.01. The van der Waals surface area contributed by atoms with E-state index in [1.807, 2.05) is 18.2 Å². The Bertz CT molecular complexity index is 691. The van der Waals surface area contributed by atoms with E-state index in [-0.39, 0.29) is 11.8 Å². The minimum absolute atomic E-state index is 0.0209. The first-order valence-corrected chi connectivity index (χ1v) is 6.97. The van der Waals surface area contributed by atoms with Crippen LogP contribution < -0.4 is 5.32 Å². The normalized spacial score (nSPS) is 17.6. The molecule has 0 spiro atoms. The van der Waals surface area contributed by atoms with Crippen LogP contribution in [0, 0.1) is 0 Å². The van der Waals surface area contributed by atoms with Crippen LogP contribution in [0.5, 0.6) is 0 Å². The third-order valence-electron chi connectivity index (χ3n) is 3.94. The summed E-state index contributed by atoms with van der Waals surface area (Å²) in [6.07, 6.45) is 4.11. The molecule has 1 aliphatic rings. The van der Waals surface area contributed by atoms with Crippen molar-refractivity contribution in [2.24, 2.45) is 0 Å². The van der Waals surface area contributed by atoms with Crippen LogP contribution in [0.1, 0.15) is 36.8 Å². The Kier molecular flexibility index (Phi) is 3.26. The van der Waals surface area contributed by atoms with Crippen molar-refractivity contribution in [2.45, 2.75) is 32.1 Å². The maximum atomic E-state index is 11.2. The van der Waals surface area contributed by atoms with Crippen LogP contribution in [0.25, 0.3) is 10.8 Å². The Morgan fingerprint density at radius 1 is 1.25 bits per heavy atom. The van der Waals surface area contributed by atoms with Crippen LogP contribution in [0.15, 0.2) is 30.3 Å². The summed E-state index contributed by atoms with van der Waals surface area (Å²) in [6.45, 7) is 1.50. The van der Waals surface area contributed by atoms with Gasteiger partial charge in [0, 0.05) is 18.5 Å². The molecule has 1 atom stereocenters. The fraction of sp³-hybridized carbons (Fsp3) is 0.294. The smallest absolute Gasteiger partial charge is 0.221 e. The summed E-state index contributed by atoms with van der Waals surface area (Å²) in [7, 11) is 0. The molecule has 1 aliphatic carbocycles. The van der Waals surface area contributed by atoms with Crippen LogP contribution >= 0.6 is 0 Å². The van der Waals surface area contributed by atoms with Crippen LogP contribution in [0.2, 0.25) is 0 Å². The molecule has 20 heavy (non-hydrogen) atoms. The number of amides is 1. The first-order chi connectivity index (χ1) is 9.67. The number of hydrogen-bond donors (Lipinski definition) is 1. The average molecular weight is 267 g/mol. The van der Waals surface area contributed by atoms with Gasteiger partial charge in [-0.15, -0.1) is 0 Å². The van der Waals surface area contributed by atoms with Gasteiger partial charge in [-0.3, -0.25) is 4.79 Å². The van der Waals surface area contributed by atoms with Gasteiger partial charge >= 0.3 is 0 Å². The van der Waals surface area contributed by atoms with E-state index in [4.69, 9.17) is 0 Å². The molecule has 0 radical (unpaired) electrons. The van der Waals surface area contributed by atoms with Gasteiger partial charge in [-0.2, -0.15) is 0 Å². The van der Waals surface area contributed by atoms with Gasteiger partial charge in [0.25, 0.3) is 0 Å². The van der Waals surface area contributed by atoms with Crippen LogP contribution in [-0.2, 0) is 16.0 Å². The third-order valence-corrected chi connectivity index (χ3v) is 3.94. The number of aryl methyl sites for hydroxylation is 1. The van der Waals surface area contributed by atoms with Crippen molar-refractivity contribution < 1.29 is 9.59 Å². The average Bonchev–Trinajstić information content (AvgIpc) is 2.43. The van der Waals surface area contributed by atoms with Crippen molar-refractivity contribution in [1.82, 2.24) is 0 Å². The predicted octanol–water partition coefficient (Wildman–Crippen LogP) is 3.42. The standard InChI is InChI=1S/C17H17NO2/c1-11(20)18-16-6-5-12-7-13-3-2-4-14(10-19)17(13)9-15(12)8-16/h5-10,14H,2-4H2,1H3,(H,18,20). The second kappa shape index (κ2) is 5.08. The van der Waals surface area contributed by atoms with Crippen molar-refractivity contribution in [3.05, 3.63) is 41.5 Å². The molecule has 0 fully saturated rings. The maximum absolute atomic E-state index is 11.2. The zero-order chi connectivity index (χ0) is 14.1. The molecule has 0 aromatic heterocycles. The van der Waals surface area contributed by atoms with E-state index in [2.05, 4.69) is 17.4 Å². The number of benzene rings is 2. The quantitative estimate of drug-likeness (QED) is 0.847. The highest BCUT2D eigenvalue weighted by Crippen LogP contribution is 2.34. The van der Waals surface area contributed by atoms with Gasteiger partial charge in [0.2, 0.25) is 5.91 Å². The summed E-state index contributed by atoms with van der Waals surface area (Å²) in [6, 6.07) is 10.2. The number of rotatable bonds is 2. The zero-order valence-corrected chi connectivity index (χ0v) is 11.5. The number of fused-ring (bicyclic) bond motifs is 2. The molecule has 0 aliphatic heterocycles. The largest absolute Gasteiger partial charge is 0.326 e. The number of anilines is 1. The van der Waals surface area contributed by atoms with Gasteiger partial charge in [-0.1, -0.05) is 18.2 Å². The van der Waals surface area contributed by atoms with E-state index in [0.29, 0.717) is 0 Å². The molecule has 1 unspecified atom stereocenters. The second-order valence-corrected chi connectivity index (χ2v) is 5.43. The molecule has 3 heteroatoms. The Morgan fingerprint density at radius 2 is 2.10 bits per heavy atom. The van der Waals surface area contributed by atoms with Crippen molar-refractivity contribution in [1.29, 1.82) is 0 Å². The summed E-state index contributed by atoms with van der Waals surface area (Å²) in [4.78, 5) is 22.3. The summed E-state index contributed by atoms with van der Waals surface area (Å²) < 4.78 is 0. The number of nitrogens with one attached hydrogen (secondary N) is 1. The van der Waals surface area contributed by atoms with Crippen LogP contribution in [0.3, 0.4) is 0 Å². The lowest BCUT2D eigenvalue weighted by molar-refractivity contribution is -0.114. The number of aldehydes is 1. The van der Waals surface area contributed by atoms with E-state index < -0.39 is 0 Å². The maximum Gasteiger partial charge on any atom is 0.221 e. The van der Waals surface area contributed by atoms with Gasteiger partial charge in [0.05, 0.1) is 0 Å². The summed E-state index contributed by atoms with van der Waals surface area (Å²) >= 11 is 0. The molecule has 3 nitrogen and oxygen atoms in total. The molecule has 0 saturated carbocycles. The fourth-order valence-electron chi connectivity index (χ4n) is 3.01. The summed E-state index contributed by atoms with van der Waals surface area (Å²) in [5.74, 6) is -0.0550. The molecule has 2 aromatic rings. The van der Waals surface area contributed by atoms with Crippen molar-refractivity contribution >= 4 is 28.7 Å².